The number of carbonyl (C=O) groups is 1. The van der Waals surface area contributed by atoms with Crippen molar-refractivity contribution in [2.45, 2.75) is 40.3 Å². The van der Waals surface area contributed by atoms with Gasteiger partial charge in [-0.3, -0.25) is 9.36 Å². The van der Waals surface area contributed by atoms with Gasteiger partial charge in [-0.05, 0) is 75.2 Å². The number of thiazole rings is 1. The molecule has 0 N–H and O–H groups in total. The number of allylic oxidation sites excluding steroid dienone is 1. The molecule has 9 heteroatoms. The van der Waals surface area contributed by atoms with Crippen LogP contribution >= 0.6 is 27.3 Å². The van der Waals surface area contributed by atoms with Gasteiger partial charge in [0.05, 0.1) is 35.1 Å². The average Bonchev–Trinajstić information content (AvgIpc) is 3.46. The first kappa shape index (κ1) is 29.8. The molecule has 6 rings (SSSR count). The van der Waals surface area contributed by atoms with Gasteiger partial charge in [-0.1, -0.05) is 69.7 Å². The van der Waals surface area contributed by atoms with Crippen molar-refractivity contribution < 1.29 is 14.3 Å². The van der Waals surface area contributed by atoms with Gasteiger partial charge in [-0.15, -0.1) is 0 Å². The summed E-state index contributed by atoms with van der Waals surface area (Å²) in [6.45, 7) is 9.05. The van der Waals surface area contributed by atoms with Gasteiger partial charge in [0.2, 0.25) is 0 Å². The van der Waals surface area contributed by atoms with E-state index >= 15 is 0 Å². The van der Waals surface area contributed by atoms with Gasteiger partial charge in [-0.25, -0.2) is 9.79 Å². The second-order valence-corrected chi connectivity index (χ2v) is 12.5. The lowest BCUT2D eigenvalue weighted by molar-refractivity contribution is -0.139. The molecule has 1 aliphatic heterocycles. The lowest BCUT2D eigenvalue weighted by atomic mass is 9.96. The van der Waals surface area contributed by atoms with Gasteiger partial charge >= 0.3 is 5.97 Å². The first-order valence-electron chi connectivity index (χ1n) is 14.5. The molecule has 0 radical (unpaired) electrons. The van der Waals surface area contributed by atoms with E-state index in [1.165, 1.54) is 16.9 Å². The first-order valence-corrected chi connectivity index (χ1v) is 16.2. The number of benzene rings is 3. The zero-order valence-corrected chi connectivity index (χ0v) is 27.4. The van der Waals surface area contributed by atoms with Crippen molar-refractivity contribution >= 4 is 50.2 Å². The summed E-state index contributed by atoms with van der Waals surface area (Å²) in [5.41, 5.74) is 5.80. The molecule has 0 saturated carbocycles. The van der Waals surface area contributed by atoms with Crippen LogP contribution in [0.15, 0.2) is 98.3 Å². The predicted molar refractivity (Wildman–Crippen MR) is 178 cm³/mol. The molecule has 44 heavy (non-hydrogen) atoms. The molecule has 1 atom stereocenters. The predicted octanol–water partition coefficient (Wildman–Crippen LogP) is 6.27. The molecule has 0 spiro atoms. The molecule has 0 aliphatic carbocycles. The van der Waals surface area contributed by atoms with Gasteiger partial charge in [0.1, 0.15) is 5.75 Å². The van der Waals surface area contributed by atoms with E-state index in [1.807, 2.05) is 61.5 Å². The number of halogens is 1. The molecule has 5 aromatic rings. The number of ether oxygens (including phenoxy) is 2. The second kappa shape index (κ2) is 12.4. The van der Waals surface area contributed by atoms with Gasteiger partial charge in [-0.2, -0.15) is 0 Å². The van der Waals surface area contributed by atoms with Crippen molar-refractivity contribution in [3.63, 3.8) is 0 Å². The summed E-state index contributed by atoms with van der Waals surface area (Å²) in [5, 5.41) is 1.07. The Hall–Kier alpha value is -4.21. The summed E-state index contributed by atoms with van der Waals surface area (Å²) < 4.78 is 16.6. The SMILES string of the molecule is CCOC(=O)C1=C(C)N=c2s/c(=C/c3c(C)n(Cc4ccc(Br)cc4)c4ccccc34)c(=O)n2[C@H]1c1ccc(OCC)cc1. The highest BCUT2D eigenvalue weighted by molar-refractivity contribution is 9.10. The smallest absolute Gasteiger partial charge is 0.338 e. The Morgan fingerprint density at radius 1 is 1.00 bits per heavy atom. The van der Waals surface area contributed by atoms with Crippen LogP contribution in [0.5, 0.6) is 5.75 Å². The Morgan fingerprint density at radius 2 is 1.73 bits per heavy atom. The maximum absolute atomic E-state index is 14.3. The van der Waals surface area contributed by atoms with Gasteiger partial charge in [0.15, 0.2) is 4.80 Å². The van der Waals surface area contributed by atoms with E-state index in [2.05, 4.69) is 51.7 Å². The minimum atomic E-state index is -0.678. The molecule has 3 aromatic carbocycles. The first-order chi connectivity index (χ1) is 21.3. The normalized spacial score (nSPS) is 14.9. The van der Waals surface area contributed by atoms with E-state index in [-0.39, 0.29) is 12.2 Å². The summed E-state index contributed by atoms with van der Waals surface area (Å²) in [6.07, 6.45) is 1.97. The fraction of sp³-hybridized carbons (Fsp3) is 0.229. The van der Waals surface area contributed by atoms with Crippen LogP contribution in [0, 0.1) is 6.92 Å². The van der Waals surface area contributed by atoms with Crippen molar-refractivity contribution in [1.29, 1.82) is 0 Å². The standard InChI is InChI=1S/C35H32BrN3O4S/c1-5-42-26-17-13-24(14-18-26)32-31(34(41)43-6-2)21(3)37-35-39(32)33(40)30(44-35)19-28-22(4)38(29-10-8-7-9-27(28)29)20-23-11-15-25(36)16-12-23/h7-19,32H,5-6,20H2,1-4H3/b30-19+/t32-/m0/s1. The number of aromatic nitrogens is 2. The highest BCUT2D eigenvalue weighted by atomic mass is 79.9. The summed E-state index contributed by atoms with van der Waals surface area (Å²) in [4.78, 5) is 32.8. The fourth-order valence-corrected chi connectivity index (χ4v) is 7.06. The van der Waals surface area contributed by atoms with Crippen molar-refractivity contribution in [2.75, 3.05) is 13.2 Å². The third-order valence-corrected chi connectivity index (χ3v) is 9.34. The van der Waals surface area contributed by atoms with Gasteiger partial charge in [0, 0.05) is 33.2 Å². The second-order valence-electron chi connectivity index (χ2n) is 10.5. The number of fused-ring (bicyclic) bond motifs is 2. The van der Waals surface area contributed by atoms with E-state index in [0.29, 0.717) is 33.8 Å². The number of rotatable bonds is 8. The van der Waals surface area contributed by atoms with Crippen molar-refractivity contribution in [1.82, 2.24) is 9.13 Å². The Balaban J connectivity index is 1.52. The van der Waals surface area contributed by atoms with E-state index in [0.717, 1.165) is 37.9 Å². The summed E-state index contributed by atoms with van der Waals surface area (Å²) >= 11 is 4.86. The highest BCUT2D eigenvalue weighted by Crippen LogP contribution is 2.32. The number of para-hydroxylation sites is 1. The van der Waals surface area contributed by atoms with E-state index < -0.39 is 12.0 Å². The Labute approximate surface area is 267 Å². The number of esters is 1. The van der Waals surface area contributed by atoms with E-state index in [9.17, 15) is 9.59 Å². The minimum Gasteiger partial charge on any atom is -0.494 e. The molecule has 0 amide bonds. The number of nitrogens with zero attached hydrogens (tertiary/aromatic N) is 3. The van der Waals surface area contributed by atoms with Crippen LogP contribution in [0.4, 0.5) is 0 Å². The topological polar surface area (TPSA) is 74.8 Å². The van der Waals surface area contributed by atoms with Crippen LogP contribution in [0.2, 0.25) is 0 Å². The maximum Gasteiger partial charge on any atom is 0.338 e. The molecular weight excluding hydrogens is 638 g/mol. The lowest BCUT2D eigenvalue weighted by Gasteiger charge is -2.24. The van der Waals surface area contributed by atoms with Crippen molar-refractivity contribution in [2.24, 2.45) is 4.99 Å². The summed E-state index contributed by atoms with van der Waals surface area (Å²) in [5.74, 6) is 0.241. The van der Waals surface area contributed by atoms with E-state index in [4.69, 9.17) is 14.5 Å². The highest BCUT2D eigenvalue weighted by Gasteiger charge is 2.33. The van der Waals surface area contributed by atoms with E-state index in [1.54, 1.807) is 18.4 Å². The fourth-order valence-electron chi connectivity index (χ4n) is 5.77. The Bertz CT molecular complexity index is 2090. The third-order valence-electron chi connectivity index (χ3n) is 7.83. The molecule has 2 aromatic heterocycles. The molecule has 3 heterocycles. The minimum absolute atomic E-state index is 0.203. The van der Waals surface area contributed by atoms with Gasteiger partial charge < -0.3 is 14.0 Å². The zero-order valence-electron chi connectivity index (χ0n) is 25.0. The average molecular weight is 671 g/mol. The number of hydrogen-bond donors (Lipinski definition) is 0. The van der Waals surface area contributed by atoms with Crippen LogP contribution in [0.25, 0.3) is 17.0 Å². The van der Waals surface area contributed by atoms with Crippen molar-refractivity contribution in [3.8, 4) is 5.75 Å². The largest absolute Gasteiger partial charge is 0.494 e. The molecule has 0 fully saturated rings. The summed E-state index contributed by atoms with van der Waals surface area (Å²) in [6, 6.07) is 23.4. The molecule has 0 bridgehead atoms. The Morgan fingerprint density at radius 3 is 2.43 bits per heavy atom. The molecule has 7 nitrogen and oxygen atoms in total. The molecule has 224 valence electrons. The van der Waals surface area contributed by atoms with Crippen molar-refractivity contribution in [3.05, 3.63) is 131 Å². The summed E-state index contributed by atoms with van der Waals surface area (Å²) in [7, 11) is 0. The Kier molecular flexibility index (Phi) is 8.42. The van der Waals surface area contributed by atoms with Crippen LogP contribution in [-0.2, 0) is 16.1 Å². The lowest BCUT2D eigenvalue weighted by Crippen LogP contribution is -2.39. The molecular formula is C35H32BrN3O4S. The molecule has 0 unspecified atom stereocenters. The zero-order chi connectivity index (χ0) is 31.0. The maximum atomic E-state index is 14.3. The number of hydrogen-bond acceptors (Lipinski definition) is 6. The monoisotopic (exact) mass is 669 g/mol. The third kappa shape index (κ3) is 5.46. The molecule has 0 saturated heterocycles. The van der Waals surface area contributed by atoms with Gasteiger partial charge in [0.25, 0.3) is 5.56 Å². The van der Waals surface area contributed by atoms with Crippen LogP contribution in [-0.4, -0.2) is 28.3 Å². The molecule has 1 aliphatic rings. The van der Waals surface area contributed by atoms with Crippen LogP contribution < -0.4 is 19.6 Å². The van der Waals surface area contributed by atoms with Crippen LogP contribution in [0.3, 0.4) is 0 Å². The van der Waals surface area contributed by atoms with Crippen LogP contribution in [0.1, 0.15) is 49.2 Å². The number of carbonyl (C=O) groups excluding carboxylic acids is 1. The quantitative estimate of drug-likeness (QED) is 0.183.